The third kappa shape index (κ3) is 4.40. The Balaban J connectivity index is 1.30. The van der Waals surface area contributed by atoms with Crippen molar-refractivity contribution in [1.82, 2.24) is 19.9 Å². The van der Waals surface area contributed by atoms with Gasteiger partial charge in [-0.25, -0.2) is 4.98 Å². The molecule has 1 aromatic carbocycles. The molecule has 8 heteroatoms. The topological polar surface area (TPSA) is 80.3 Å². The number of methoxy groups -OCH3 is 2. The van der Waals surface area contributed by atoms with Gasteiger partial charge in [0.15, 0.2) is 17.3 Å². The molecule has 3 aromatic heterocycles. The zero-order chi connectivity index (χ0) is 22.8. The van der Waals surface area contributed by atoms with Crippen LogP contribution in [0.4, 0.5) is 0 Å². The molecule has 0 spiro atoms. The van der Waals surface area contributed by atoms with Crippen LogP contribution in [0.3, 0.4) is 0 Å². The van der Waals surface area contributed by atoms with E-state index in [1.54, 1.807) is 25.6 Å². The number of aromatic amines is 1. The van der Waals surface area contributed by atoms with Crippen LogP contribution in [0.5, 0.6) is 11.5 Å². The first-order chi connectivity index (χ1) is 16.1. The highest BCUT2D eigenvalue weighted by molar-refractivity contribution is 7.13. The molecule has 0 aliphatic carbocycles. The maximum atomic E-state index is 12.7. The largest absolute Gasteiger partial charge is 0.493 e. The van der Waals surface area contributed by atoms with Gasteiger partial charge in [0.1, 0.15) is 0 Å². The quantitative estimate of drug-likeness (QED) is 0.466. The third-order valence-corrected chi connectivity index (χ3v) is 6.69. The fourth-order valence-corrected chi connectivity index (χ4v) is 4.76. The Labute approximate surface area is 195 Å². The summed E-state index contributed by atoms with van der Waals surface area (Å²) in [6.07, 6.45) is 2.65. The molecule has 168 valence electrons. The van der Waals surface area contributed by atoms with Crippen LogP contribution in [0.2, 0.25) is 0 Å². The minimum absolute atomic E-state index is 0.0463. The van der Waals surface area contributed by atoms with Gasteiger partial charge >= 0.3 is 0 Å². The predicted molar refractivity (Wildman–Crippen MR) is 129 cm³/mol. The van der Waals surface area contributed by atoms with Crippen molar-refractivity contribution in [2.45, 2.75) is 19.5 Å². The Morgan fingerprint density at radius 2 is 2.00 bits per heavy atom. The van der Waals surface area contributed by atoms with Crippen molar-refractivity contribution in [3.05, 3.63) is 81.2 Å². The lowest BCUT2D eigenvalue weighted by Gasteiger charge is -2.27. The number of H-pyrrole nitrogens is 1. The molecular weight excluding hydrogens is 436 g/mol. The highest BCUT2D eigenvalue weighted by atomic mass is 32.1. The monoisotopic (exact) mass is 460 g/mol. The van der Waals surface area contributed by atoms with E-state index in [9.17, 15) is 4.79 Å². The lowest BCUT2D eigenvalue weighted by Crippen LogP contribution is -2.35. The van der Waals surface area contributed by atoms with Gasteiger partial charge in [-0.15, -0.1) is 11.3 Å². The van der Waals surface area contributed by atoms with Crippen molar-refractivity contribution in [3.8, 4) is 33.5 Å². The minimum Gasteiger partial charge on any atom is -0.493 e. The third-order valence-electron chi connectivity index (χ3n) is 5.81. The fraction of sp³-hybridized carbons (Fsp3) is 0.240. The molecule has 4 aromatic rings. The smallest absolute Gasteiger partial charge is 0.255 e. The SMILES string of the molecule is COc1ccc(-c2ccc(CN3CCc4nc(-c5cccs5)[nH]c(=O)c4C3)cn2)cc1OC. The predicted octanol–water partition coefficient (Wildman–Crippen LogP) is 4.14. The van der Waals surface area contributed by atoms with Crippen molar-refractivity contribution < 1.29 is 9.47 Å². The molecule has 0 atom stereocenters. The van der Waals surface area contributed by atoms with Crippen LogP contribution in [0.1, 0.15) is 16.8 Å². The maximum Gasteiger partial charge on any atom is 0.255 e. The number of nitrogens with zero attached hydrogens (tertiary/aromatic N) is 3. The number of pyridine rings is 1. The summed E-state index contributed by atoms with van der Waals surface area (Å²) in [4.78, 5) is 28.3. The summed E-state index contributed by atoms with van der Waals surface area (Å²) in [5.41, 5.74) is 4.55. The van der Waals surface area contributed by atoms with Crippen LogP contribution in [0.15, 0.2) is 58.8 Å². The second-order valence-corrected chi connectivity index (χ2v) is 8.85. The Bertz CT molecular complexity index is 1320. The average molecular weight is 461 g/mol. The Morgan fingerprint density at radius 3 is 2.73 bits per heavy atom. The fourth-order valence-electron chi connectivity index (χ4n) is 4.09. The number of rotatable bonds is 6. The summed E-state index contributed by atoms with van der Waals surface area (Å²) in [7, 11) is 3.24. The van der Waals surface area contributed by atoms with Crippen LogP contribution in [0, 0.1) is 0 Å². The van der Waals surface area contributed by atoms with E-state index in [1.807, 2.05) is 48.0 Å². The Morgan fingerprint density at radius 1 is 1.12 bits per heavy atom. The Kier molecular flexibility index (Phi) is 5.93. The molecule has 0 bridgehead atoms. The number of hydrogen-bond acceptors (Lipinski definition) is 7. The van der Waals surface area contributed by atoms with Crippen molar-refractivity contribution in [3.63, 3.8) is 0 Å². The van der Waals surface area contributed by atoms with Crippen LogP contribution in [-0.2, 0) is 19.5 Å². The van der Waals surface area contributed by atoms with E-state index in [4.69, 9.17) is 14.5 Å². The van der Waals surface area contributed by atoms with Crippen LogP contribution < -0.4 is 15.0 Å². The molecule has 0 amide bonds. The van der Waals surface area contributed by atoms with E-state index in [0.29, 0.717) is 23.9 Å². The molecule has 0 radical (unpaired) electrons. The van der Waals surface area contributed by atoms with Gasteiger partial charge in [0.2, 0.25) is 0 Å². The van der Waals surface area contributed by atoms with Gasteiger partial charge in [0, 0.05) is 37.8 Å². The maximum absolute atomic E-state index is 12.7. The number of nitrogens with one attached hydrogen (secondary N) is 1. The molecule has 7 nitrogen and oxygen atoms in total. The molecule has 0 unspecified atom stereocenters. The van der Waals surface area contributed by atoms with E-state index in [0.717, 1.165) is 52.5 Å². The van der Waals surface area contributed by atoms with E-state index in [1.165, 1.54) is 0 Å². The Hall–Kier alpha value is -3.49. The molecule has 5 rings (SSSR count). The van der Waals surface area contributed by atoms with Gasteiger partial charge in [-0.2, -0.15) is 0 Å². The first-order valence-corrected chi connectivity index (χ1v) is 11.6. The average Bonchev–Trinajstić information content (AvgIpc) is 3.39. The van der Waals surface area contributed by atoms with Crippen LogP contribution in [0.25, 0.3) is 22.0 Å². The number of ether oxygens (including phenoxy) is 2. The summed E-state index contributed by atoms with van der Waals surface area (Å²) in [5, 5.41) is 1.99. The highest BCUT2D eigenvalue weighted by Gasteiger charge is 2.22. The summed E-state index contributed by atoms with van der Waals surface area (Å²) in [6, 6.07) is 13.8. The molecular formula is C25H24N4O3S. The molecule has 0 fully saturated rings. The minimum atomic E-state index is -0.0463. The zero-order valence-electron chi connectivity index (χ0n) is 18.5. The van der Waals surface area contributed by atoms with Crippen molar-refractivity contribution >= 4 is 11.3 Å². The van der Waals surface area contributed by atoms with Gasteiger partial charge in [-0.3, -0.25) is 14.7 Å². The van der Waals surface area contributed by atoms with Crippen LogP contribution in [-0.4, -0.2) is 40.6 Å². The van der Waals surface area contributed by atoms with E-state index in [2.05, 4.69) is 20.9 Å². The van der Waals surface area contributed by atoms with Crippen LogP contribution >= 0.6 is 11.3 Å². The summed E-state index contributed by atoms with van der Waals surface area (Å²) < 4.78 is 10.7. The number of aromatic nitrogens is 3. The molecule has 33 heavy (non-hydrogen) atoms. The van der Waals surface area contributed by atoms with Gasteiger partial charge in [0.25, 0.3) is 5.56 Å². The molecule has 1 aliphatic rings. The molecule has 4 heterocycles. The van der Waals surface area contributed by atoms with Crippen molar-refractivity contribution in [1.29, 1.82) is 0 Å². The summed E-state index contributed by atoms with van der Waals surface area (Å²) in [5.74, 6) is 2.03. The normalized spacial score (nSPS) is 13.5. The van der Waals surface area contributed by atoms with E-state index in [-0.39, 0.29) is 5.56 Å². The van der Waals surface area contributed by atoms with Gasteiger partial charge in [-0.05, 0) is 41.3 Å². The number of fused-ring (bicyclic) bond motifs is 1. The van der Waals surface area contributed by atoms with E-state index >= 15 is 0 Å². The van der Waals surface area contributed by atoms with E-state index < -0.39 is 0 Å². The van der Waals surface area contributed by atoms with Gasteiger partial charge < -0.3 is 14.5 Å². The van der Waals surface area contributed by atoms with Crippen molar-refractivity contribution in [2.24, 2.45) is 0 Å². The number of hydrogen-bond donors (Lipinski definition) is 1. The second-order valence-electron chi connectivity index (χ2n) is 7.90. The molecule has 0 saturated heterocycles. The van der Waals surface area contributed by atoms with Gasteiger partial charge in [-0.1, -0.05) is 12.1 Å². The van der Waals surface area contributed by atoms with Crippen molar-refractivity contribution in [2.75, 3.05) is 20.8 Å². The lowest BCUT2D eigenvalue weighted by molar-refractivity contribution is 0.241. The molecule has 0 saturated carbocycles. The molecule has 1 aliphatic heterocycles. The lowest BCUT2D eigenvalue weighted by atomic mass is 10.1. The summed E-state index contributed by atoms with van der Waals surface area (Å²) >= 11 is 1.58. The van der Waals surface area contributed by atoms with Gasteiger partial charge in [0.05, 0.1) is 36.0 Å². The second kappa shape index (κ2) is 9.17. The zero-order valence-corrected chi connectivity index (χ0v) is 19.3. The molecule has 1 N–H and O–H groups in total. The first-order valence-electron chi connectivity index (χ1n) is 10.7. The highest BCUT2D eigenvalue weighted by Crippen LogP contribution is 2.31. The standard InChI is InChI=1S/C25H24N4O3S/c1-31-21-8-6-17(12-22(21)32-2)19-7-5-16(13-26-19)14-29-10-9-20-18(15-29)25(30)28-24(27-20)23-4-3-11-33-23/h3-8,11-13H,9-10,14-15H2,1-2H3,(H,27,28,30). The number of thiophene rings is 1. The first kappa shape index (κ1) is 21.4. The number of benzene rings is 1. The summed E-state index contributed by atoms with van der Waals surface area (Å²) in [6.45, 7) is 2.16.